The van der Waals surface area contributed by atoms with Gasteiger partial charge < -0.3 is 19.9 Å². The molecule has 0 fully saturated rings. The Bertz CT molecular complexity index is 1240. The van der Waals surface area contributed by atoms with E-state index in [1.54, 1.807) is 37.5 Å². The van der Waals surface area contributed by atoms with Crippen LogP contribution in [0.2, 0.25) is 0 Å². The summed E-state index contributed by atoms with van der Waals surface area (Å²) in [5.41, 5.74) is 3.52. The van der Waals surface area contributed by atoms with Crippen LogP contribution in [0.25, 0.3) is 0 Å². The van der Waals surface area contributed by atoms with Crippen LogP contribution in [0.5, 0.6) is 5.75 Å². The molecule has 0 aliphatic rings. The molecule has 1 atom stereocenters. The third-order valence-corrected chi connectivity index (χ3v) is 6.94. The van der Waals surface area contributed by atoms with E-state index >= 15 is 0 Å². The fourth-order valence-corrected chi connectivity index (χ4v) is 4.70. The van der Waals surface area contributed by atoms with Gasteiger partial charge in [-0.1, -0.05) is 56.8 Å². The number of carbonyl (C=O) groups is 2. The lowest BCUT2D eigenvalue weighted by Crippen LogP contribution is -2.33. The second-order valence-corrected chi connectivity index (χ2v) is 9.91. The molecule has 37 heavy (non-hydrogen) atoms. The number of methoxy groups -OCH3 is 1. The summed E-state index contributed by atoms with van der Waals surface area (Å²) in [4.78, 5) is 25.8. The summed E-state index contributed by atoms with van der Waals surface area (Å²) in [5.74, 6) is 1.19. The van der Waals surface area contributed by atoms with Gasteiger partial charge in [-0.15, -0.1) is 16.8 Å². The number of nitrogens with zero attached hydrogens (tertiary/aromatic N) is 3. The van der Waals surface area contributed by atoms with Crippen molar-refractivity contribution in [1.82, 2.24) is 20.1 Å². The Labute approximate surface area is 222 Å². The first-order chi connectivity index (χ1) is 17.8. The van der Waals surface area contributed by atoms with Crippen LogP contribution in [-0.2, 0) is 17.8 Å². The number of aryl methyl sites for hydroxylation is 2. The average Bonchev–Trinajstić information content (AvgIpc) is 3.29. The molecule has 0 spiro atoms. The highest BCUT2D eigenvalue weighted by Gasteiger charge is 2.26. The molecule has 3 aromatic rings. The van der Waals surface area contributed by atoms with Crippen molar-refractivity contribution in [2.24, 2.45) is 5.92 Å². The van der Waals surface area contributed by atoms with E-state index in [9.17, 15) is 9.59 Å². The van der Waals surface area contributed by atoms with Gasteiger partial charge in [0.2, 0.25) is 5.91 Å². The van der Waals surface area contributed by atoms with Crippen molar-refractivity contribution < 1.29 is 14.3 Å². The number of thioether (sulfide) groups is 1. The van der Waals surface area contributed by atoms with E-state index in [-0.39, 0.29) is 29.5 Å². The lowest BCUT2D eigenvalue weighted by molar-refractivity contribution is -0.113. The zero-order valence-electron chi connectivity index (χ0n) is 22.1. The number of allylic oxidation sites excluding steroid dienone is 1. The van der Waals surface area contributed by atoms with E-state index in [4.69, 9.17) is 4.74 Å². The molecule has 0 radical (unpaired) electrons. The molecule has 0 unspecified atom stereocenters. The minimum absolute atomic E-state index is 0.0460. The molecule has 0 aliphatic carbocycles. The molecule has 8 nitrogen and oxygen atoms in total. The van der Waals surface area contributed by atoms with Crippen LogP contribution in [0, 0.1) is 12.8 Å². The highest BCUT2D eigenvalue weighted by molar-refractivity contribution is 7.99. The fraction of sp³-hybridized carbons (Fsp3) is 0.357. The number of amides is 2. The number of para-hydroxylation sites is 1. The largest absolute Gasteiger partial charge is 0.497 e. The van der Waals surface area contributed by atoms with Crippen molar-refractivity contribution >= 4 is 29.3 Å². The van der Waals surface area contributed by atoms with E-state index < -0.39 is 0 Å². The molecule has 0 saturated heterocycles. The number of rotatable bonds is 12. The van der Waals surface area contributed by atoms with Crippen LogP contribution < -0.4 is 15.4 Å². The van der Waals surface area contributed by atoms with Gasteiger partial charge in [0.1, 0.15) is 5.75 Å². The van der Waals surface area contributed by atoms with Crippen LogP contribution in [0.4, 0.5) is 5.69 Å². The SMILES string of the molecule is C=CCn1c(SCC(=O)Nc2c(C)cccc2CC)nnc1[C@@H](NC(=O)c1ccc(OC)cc1)C(C)C. The van der Waals surface area contributed by atoms with Gasteiger partial charge in [0, 0.05) is 17.8 Å². The summed E-state index contributed by atoms with van der Waals surface area (Å²) < 4.78 is 7.08. The Hall–Kier alpha value is -3.59. The van der Waals surface area contributed by atoms with Gasteiger partial charge in [-0.05, 0) is 54.7 Å². The van der Waals surface area contributed by atoms with Crippen LogP contribution in [0.3, 0.4) is 0 Å². The molecule has 2 amide bonds. The zero-order valence-corrected chi connectivity index (χ0v) is 22.9. The Morgan fingerprint density at radius 1 is 1.16 bits per heavy atom. The fourth-order valence-electron chi connectivity index (χ4n) is 3.94. The maximum absolute atomic E-state index is 13.0. The quantitative estimate of drug-likeness (QED) is 0.251. The topological polar surface area (TPSA) is 98.1 Å². The van der Waals surface area contributed by atoms with Crippen LogP contribution in [0.1, 0.15) is 54.1 Å². The van der Waals surface area contributed by atoms with Gasteiger partial charge in [-0.2, -0.15) is 0 Å². The molecular formula is C28H35N5O3S. The summed E-state index contributed by atoms with van der Waals surface area (Å²) >= 11 is 1.31. The lowest BCUT2D eigenvalue weighted by atomic mass is 10.0. The van der Waals surface area contributed by atoms with Gasteiger partial charge in [0.15, 0.2) is 11.0 Å². The Kier molecular flexibility index (Phi) is 9.91. The van der Waals surface area contributed by atoms with Gasteiger partial charge in [0.05, 0.1) is 18.9 Å². The molecule has 0 aliphatic heterocycles. The molecule has 1 heterocycles. The van der Waals surface area contributed by atoms with E-state index in [2.05, 4.69) is 34.3 Å². The van der Waals surface area contributed by atoms with Crippen molar-refractivity contribution in [3.05, 3.63) is 77.6 Å². The molecule has 3 rings (SSSR count). The third-order valence-electron chi connectivity index (χ3n) is 5.98. The number of nitrogens with one attached hydrogen (secondary N) is 2. The van der Waals surface area contributed by atoms with Gasteiger partial charge >= 0.3 is 0 Å². The van der Waals surface area contributed by atoms with Gasteiger partial charge in [0.25, 0.3) is 5.91 Å². The molecular weight excluding hydrogens is 486 g/mol. The summed E-state index contributed by atoms with van der Waals surface area (Å²) in [6, 6.07) is 12.6. The molecule has 9 heteroatoms. The molecule has 0 saturated carbocycles. The molecule has 2 aromatic carbocycles. The lowest BCUT2D eigenvalue weighted by Gasteiger charge is -2.22. The van der Waals surface area contributed by atoms with Crippen molar-refractivity contribution in [3.63, 3.8) is 0 Å². The van der Waals surface area contributed by atoms with E-state index in [0.717, 1.165) is 23.2 Å². The predicted molar refractivity (Wildman–Crippen MR) is 148 cm³/mol. The summed E-state index contributed by atoms with van der Waals surface area (Å²) in [6.45, 7) is 12.4. The van der Waals surface area contributed by atoms with E-state index in [1.807, 2.05) is 43.5 Å². The number of ether oxygens (including phenoxy) is 1. The first kappa shape index (κ1) is 28.0. The highest BCUT2D eigenvalue weighted by Crippen LogP contribution is 2.27. The average molecular weight is 522 g/mol. The second-order valence-electron chi connectivity index (χ2n) is 8.96. The van der Waals surface area contributed by atoms with Gasteiger partial charge in [-0.25, -0.2) is 0 Å². The minimum atomic E-state index is -0.385. The number of hydrogen-bond acceptors (Lipinski definition) is 6. The number of carbonyl (C=O) groups excluding carboxylic acids is 2. The number of benzene rings is 2. The van der Waals surface area contributed by atoms with Crippen molar-refractivity contribution in [3.8, 4) is 5.75 Å². The maximum Gasteiger partial charge on any atom is 0.251 e. The van der Waals surface area contributed by atoms with Gasteiger partial charge in [-0.3, -0.25) is 9.59 Å². The number of anilines is 1. The molecule has 1 aromatic heterocycles. The minimum Gasteiger partial charge on any atom is -0.497 e. The van der Waals surface area contributed by atoms with Crippen LogP contribution in [-0.4, -0.2) is 39.4 Å². The van der Waals surface area contributed by atoms with Crippen molar-refractivity contribution in [2.75, 3.05) is 18.2 Å². The normalized spacial score (nSPS) is 11.7. The predicted octanol–water partition coefficient (Wildman–Crippen LogP) is 5.20. The number of hydrogen-bond donors (Lipinski definition) is 2. The highest BCUT2D eigenvalue weighted by atomic mass is 32.2. The maximum atomic E-state index is 13.0. The monoisotopic (exact) mass is 521 g/mol. The molecule has 196 valence electrons. The first-order valence-electron chi connectivity index (χ1n) is 12.3. The Balaban J connectivity index is 1.76. The summed E-state index contributed by atoms with van der Waals surface area (Å²) in [7, 11) is 1.58. The standard InChI is InChI=1S/C28H35N5O3S/c1-7-16-33-26(24(18(3)4)30-27(35)21-12-14-22(36-6)15-13-21)31-32-28(33)37-17-23(34)29-25-19(5)10-9-11-20(25)8-2/h7,9-15,18,24H,1,8,16-17H2,2-6H3,(H,29,34)(H,30,35)/t24-/m0/s1. The molecule has 0 bridgehead atoms. The Morgan fingerprint density at radius 3 is 2.51 bits per heavy atom. The first-order valence-corrected chi connectivity index (χ1v) is 13.3. The van der Waals surface area contributed by atoms with E-state index in [0.29, 0.717) is 28.8 Å². The van der Waals surface area contributed by atoms with E-state index in [1.165, 1.54) is 11.8 Å². The summed E-state index contributed by atoms with van der Waals surface area (Å²) in [5, 5.41) is 15.5. The number of aromatic nitrogens is 3. The smallest absolute Gasteiger partial charge is 0.251 e. The Morgan fingerprint density at radius 2 is 1.89 bits per heavy atom. The molecule has 2 N–H and O–H groups in total. The summed E-state index contributed by atoms with van der Waals surface area (Å²) in [6.07, 6.45) is 2.58. The van der Waals surface area contributed by atoms with Crippen LogP contribution in [0.15, 0.2) is 60.3 Å². The third kappa shape index (κ3) is 7.01. The second kappa shape index (κ2) is 13.1. The van der Waals surface area contributed by atoms with Crippen molar-refractivity contribution in [2.45, 2.75) is 51.9 Å². The van der Waals surface area contributed by atoms with Crippen LogP contribution >= 0.6 is 11.8 Å². The zero-order chi connectivity index (χ0) is 26.9. The van der Waals surface area contributed by atoms with Crippen molar-refractivity contribution in [1.29, 1.82) is 0 Å².